The summed E-state index contributed by atoms with van der Waals surface area (Å²) in [7, 11) is -3.80. The van der Waals surface area contributed by atoms with E-state index in [1.807, 2.05) is 42.5 Å². The summed E-state index contributed by atoms with van der Waals surface area (Å²) in [5.74, 6) is 0.229. The number of fused-ring (bicyclic) bond motifs is 1. The van der Waals surface area contributed by atoms with E-state index >= 15 is 0 Å². The van der Waals surface area contributed by atoms with E-state index in [-0.39, 0.29) is 23.9 Å². The quantitative estimate of drug-likeness (QED) is 0.481. The third-order valence-electron chi connectivity index (χ3n) is 4.64. The van der Waals surface area contributed by atoms with Crippen molar-refractivity contribution in [1.82, 2.24) is 5.32 Å². The smallest absolute Gasteiger partial charge is 0.243 e. The predicted molar refractivity (Wildman–Crippen MR) is 126 cm³/mol. The van der Waals surface area contributed by atoms with E-state index in [1.165, 1.54) is 19.1 Å². The number of benzene rings is 3. The van der Waals surface area contributed by atoms with Crippen molar-refractivity contribution in [3.8, 4) is 5.75 Å². The second-order valence-corrected chi connectivity index (χ2v) is 9.65. The Morgan fingerprint density at radius 1 is 1.10 bits per heavy atom. The number of carbonyl (C=O) groups is 1. The molecule has 1 N–H and O–H groups in total. The molecule has 0 unspecified atom stereocenters. The molecule has 164 valence electrons. The Bertz CT molecular complexity index is 1200. The van der Waals surface area contributed by atoms with Gasteiger partial charge in [-0.1, -0.05) is 59.6 Å². The van der Waals surface area contributed by atoms with Crippen molar-refractivity contribution in [3.05, 3.63) is 70.7 Å². The molecule has 3 aromatic carbocycles. The van der Waals surface area contributed by atoms with Crippen LogP contribution in [0.3, 0.4) is 0 Å². The minimum Gasteiger partial charge on any atom is -0.491 e. The summed E-state index contributed by atoms with van der Waals surface area (Å²) in [5, 5.41) is 5.23. The first-order valence-corrected chi connectivity index (χ1v) is 12.1. The van der Waals surface area contributed by atoms with Crippen molar-refractivity contribution < 1.29 is 17.9 Å². The lowest BCUT2D eigenvalue weighted by atomic mass is 10.1. The molecule has 0 aromatic heterocycles. The van der Waals surface area contributed by atoms with Crippen LogP contribution in [0.4, 0.5) is 5.69 Å². The minimum atomic E-state index is -3.80. The van der Waals surface area contributed by atoms with Crippen LogP contribution in [-0.4, -0.2) is 39.8 Å². The lowest BCUT2D eigenvalue weighted by Gasteiger charge is -2.29. The molecule has 0 aliphatic rings. The Kier molecular flexibility index (Phi) is 7.30. The minimum absolute atomic E-state index is 0.145. The second-order valence-electron chi connectivity index (χ2n) is 6.95. The van der Waals surface area contributed by atoms with Gasteiger partial charge in [0, 0.05) is 10.4 Å². The molecule has 0 saturated heterocycles. The van der Waals surface area contributed by atoms with E-state index in [2.05, 4.69) is 5.32 Å². The molecule has 3 rings (SSSR count). The monoisotopic (exact) mass is 480 g/mol. The summed E-state index contributed by atoms with van der Waals surface area (Å²) in [4.78, 5) is 12.7. The van der Waals surface area contributed by atoms with Crippen LogP contribution in [0.1, 0.15) is 6.92 Å². The third kappa shape index (κ3) is 5.61. The number of sulfonamides is 1. The fraction of sp³-hybridized carbons (Fsp3) is 0.227. The molecule has 6 nitrogen and oxygen atoms in total. The second kappa shape index (κ2) is 9.77. The van der Waals surface area contributed by atoms with Crippen molar-refractivity contribution in [3.63, 3.8) is 0 Å². The zero-order valence-corrected chi connectivity index (χ0v) is 19.3. The van der Waals surface area contributed by atoms with Gasteiger partial charge in [0.1, 0.15) is 18.4 Å². The van der Waals surface area contributed by atoms with Gasteiger partial charge in [0.15, 0.2) is 0 Å². The van der Waals surface area contributed by atoms with Crippen molar-refractivity contribution in [2.24, 2.45) is 0 Å². The Hall–Kier alpha value is -2.48. The maximum absolute atomic E-state index is 12.7. The Morgan fingerprint density at radius 3 is 2.55 bits per heavy atom. The molecular weight excluding hydrogens is 459 g/mol. The fourth-order valence-corrected chi connectivity index (χ4v) is 4.84. The van der Waals surface area contributed by atoms with E-state index in [1.54, 1.807) is 6.07 Å². The third-order valence-corrected chi connectivity index (χ3v) is 6.42. The lowest BCUT2D eigenvalue weighted by molar-refractivity contribution is -0.121. The van der Waals surface area contributed by atoms with Crippen LogP contribution >= 0.6 is 23.2 Å². The van der Waals surface area contributed by atoms with E-state index in [4.69, 9.17) is 27.9 Å². The summed E-state index contributed by atoms with van der Waals surface area (Å²) in [5.41, 5.74) is 0.145. The zero-order chi connectivity index (χ0) is 22.6. The maximum Gasteiger partial charge on any atom is 0.243 e. The van der Waals surface area contributed by atoms with Crippen molar-refractivity contribution in [2.45, 2.75) is 13.0 Å². The van der Waals surface area contributed by atoms with Crippen LogP contribution in [0, 0.1) is 0 Å². The van der Waals surface area contributed by atoms with Crippen LogP contribution in [0.25, 0.3) is 10.8 Å². The first-order chi connectivity index (χ1) is 14.7. The summed E-state index contributed by atoms with van der Waals surface area (Å²) in [6, 6.07) is 17.0. The van der Waals surface area contributed by atoms with Crippen LogP contribution in [0.2, 0.25) is 10.0 Å². The summed E-state index contributed by atoms with van der Waals surface area (Å²) < 4.78 is 31.6. The van der Waals surface area contributed by atoms with Crippen molar-refractivity contribution >= 4 is 55.6 Å². The van der Waals surface area contributed by atoms with Gasteiger partial charge in [-0.05, 0) is 36.6 Å². The highest BCUT2D eigenvalue weighted by Gasteiger charge is 2.30. The fourth-order valence-electron chi connectivity index (χ4n) is 3.24. The summed E-state index contributed by atoms with van der Waals surface area (Å²) in [6.07, 6.45) is 1.01. The number of hydrogen-bond donors (Lipinski definition) is 1. The summed E-state index contributed by atoms with van der Waals surface area (Å²) in [6.45, 7) is 1.91. The van der Waals surface area contributed by atoms with Gasteiger partial charge in [-0.3, -0.25) is 9.10 Å². The lowest BCUT2D eigenvalue weighted by Crippen LogP contribution is -2.48. The Morgan fingerprint density at radius 2 is 1.81 bits per heavy atom. The van der Waals surface area contributed by atoms with Crippen LogP contribution in [0.15, 0.2) is 60.7 Å². The van der Waals surface area contributed by atoms with E-state index in [9.17, 15) is 13.2 Å². The van der Waals surface area contributed by atoms with Gasteiger partial charge < -0.3 is 10.1 Å². The molecule has 1 atom stereocenters. The molecule has 0 saturated carbocycles. The van der Waals surface area contributed by atoms with Gasteiger partial charge in [0.05, 0.1) is 23.5 Å². The van der Waals surface area contributed by atoms with Crippen LogP contribution in [0.5, 0.6) is 5.75 Å². The number of halogens is 2. The van der Waals surface area contributed by atoms with Crippen molar-refractivity contribution in [2.75, 3.05) is 23.7 Å². The highest BCUT2D eigenvalue weighted by atomic mass is 35.5. The first kappa shape index (κ1) is 23.2. The number of carbonyl (C=O) groups excluding carboxylic acids is 1. The van der Waals surface area contributed by atoms with Gasteiger partial charge in [-0.2, -0.15) is 0 Å². The number of amides is 1. The molecule has 0 spiro atoms. The van der Waals surface area contributed by atoms with Crippen LogP contribution in [-0.2, 0) is 14.8 Å². The highest BCUT2D eigenvalue weighted by molar-refractivity contribution is 7.92. The molecule has 0 fully saturated rings. The molecule has 31 heavy (non-hydrogen) atoms. The van der Waals surface area contributed by atoms with E-state index < -0.39 is 22.0 Å². The van der Waals surface area contributed by atoms with Gasteiger partial charge >= 0.3 is 0 Å². The normalized spacial score (nSPS) is 12.4. The predicted octanol–water partition coefficient (Wildman–Crippen LogP) is 4.50. The molecule has 9 heteroatoms. The van der Waals surface area contributed by atoms with Gasteiger partial charge in [0.2, 0.25) is 15.9 Å². The van der Waals surface area contributed by atoms with Gasteiger partial charge in [0.25, 0.3) is 0 Å². The Balaban J connectivity index is 1.66. The standard InChI is InChI=1S/C22H22Cl2N2O4S/c1-15(26(31(2,28)29)20-14-17(23)10-11-19(20)24)22(27)25-12-13-30-21-9-5-7-16-6-3-4-8-18(16)21/h3-11,14-15H,12-13H2,1-2H3,(H,25,27)/t15-/m1/s1. The van der Waals surface area contributed by atoms with Gasteiger partial charge in [-0.25, -0.2) is 8.42 Å². The number of ether oxygens (including phenoxy) is 1. The molecule has 0 radical (unpaired) electrons. The number of anilines is 1. The number of nitrogens with one attached hydrogen (secondary N) is 1. The molecule has 3 aromatic rings. The number of hydrogen-bond acceptors (Lipinski definition) is 4. The summed E-state index contributed by atoms with van der Waals surface area (Å²) >= 11 is 12.2. The maximum atomic E-state index is 12.7. The highest BCUT2D eigenvalue weighted by Crippen LogP contribution is 2.32. The SMILES string of the molecule is C[C@H](C(=O)NCCOc1cccc2ccccc12)N(c1cc(Cl)ccc1Cl)S(C)(=O)=O. The average Bonchev–Trinajstić information content (AvgIpc) is 2.72. The first-order valence-electron chi connectivity index (χ1n) is 9.51. The molecule has 0 heterocycles. The number of nitrogens with zero attached hydrogens (tertiary/aromatic N) is 1. The molecular formula is C22H22Cl2N2O4S. The largest absolute Gasteiger partial charge is 0.491 e. The number of rotatable bonds is 8. The molecule has 0 bridgehead atoms. The zero-order valence-electron chi connectivity index (χ0n) is 17.0. The molecule has 0 aliphatic carbocycles. The van der Waals surface area contributed by atoms with E-state index in [0.717, 1.165) is 21.3 Å². The molecule has 0 aliphatic heterocycles. The topological polar surface area (TPSA) is 75.7 Å². The average molecular weight is 481 g/mol. The van der Waals surface area contributed by atoms with Crippen molar-refractivity contribution in [1.29, 1.82) is 0 Å². The Labute approximate surface area is 191 Å². The van der Waals surface area contributed by atoms with E-state index in [0.29, 0.717) is 10.8 Å². The van der Waals surface area contributed by atoms with Gasteiger partial charge in [-0.15, -0.1) is 0 Å². The molecule has 1 amide bonds. The van der Waals surface area contributed by atoms with Crippen LogP contribution < -0.4 is 14.4 Å².